The number of allylic oxidation sites excluding steroid dienone is 1. The van der Waals surface area contributed by atoms with Crippen molar-refractivity contribution in [3.8, 4) is 0 Å². The molecule has 25 heavy (non-hydrogen) atoms. The number of hydrogen-bond donors (Lipinski definition) is 3. The van der Waals surface area contributed by atoms with E-state index in [0.29, 0.717) is 12.1 Å². The molecule has 1 saturated carbocycles. The van der Waals surface area contributed by atoms with E-state index in [2.05, 4.69) is 27.1 Å². The van der Waals surface area contributed by atoms with E-state index in [1.807, 2.05) is 12.5 Å². The van der Waals surface area contributed by atoms with Gasteiger partial charge in [0.15, 0.2) is 0 Å². The highest BCUT2D eigenvalue weighted by molar-refractivity contribution is 8.00. The molecule has 1 aromatic rings. The maximum atomic E-state index is 12.0. The first-order chi connectivity index (χ1) is 12.0. The Bertz CT molecular complexity index is 760. The Morgan fingerprint density at radius 3 is 2.80 bits per heavy atom. The van der Waals surface area contributed by atoms with Crippen LogP contribution in [-0.2, 0) is 11.2 Å². The van der Waals surface area contributed by atoms with Crippen molar-refractivity contribution >= 4 is 29.6 Å². The molecule has 1 aliphatic heterocycles. The molecule has 0 aromatic carbocycles. The molecule has 5 N–H and O–H groups in total. The molecule has 0 saturated heterocycles. The third kappa shape index (κ3) is 2.69. The van der Waals surface area contributed by atoms with Gasteiger partial charge < -0.3 is 21.4 Å². The minimum atomic E-state index is -1.11. The van der Waals surface area contributed by atoms with Crippen molar-refractivity contribution in [2.24, 2.45) is 16.5 Å². The number of rotatable bonds is 3. The zero-order valence-corrected chi connectivity index (χ0v) is 15.3. The number of aliphatic imine (C=N–C) groups is 1. The molecular weight excluding hydrogens is 334 g/mol. The summed E-state index contributed by atoms with van der Waals surface area (Å²) in [6.07, 6.45) is 12.1. The van der Waals surface area contributed by atoms with Gasteiger partial charge in [0, 0.05) is 24.5 Å². The number of carbonyl (C=O) groups excluding carboxylic acids is 1. The summed E-state index contributed by atoms with van der Waals surface area (Å²) in [5.41, 5.74) is 16.4. The molecule has 1 fully saturated rings. The van der Waals surface area contributed by atoms with E-state index in [9.17, 15) is 4.79 Å². The van der Waals surface area contributed by atoms with Crippen LogP contribution in [0.4, 0.5) is 0 Å². The number of nitrogens with one attached hydrogen (secondary N) is 1. The van der Waals surface area contributed by atoms with E-state index >= 15 is 0 Å². The number of fused-ring (bicyclic) bond motifs is 2. The van der Waals surface area contributed by atoms with Gasteiger partial charge in [0.1, 0.15) is 0 Å². The lowest BCUT2D eigenvalue weighted by molar-refractivity contribution is -0.120. The maximum absolute atomic E-state index is 12.0. The van der Waals surface area contributed by atoms with Gasteiger partial charge in [-0.1, -0.05) is 0 Å². The molecule has 4 rings (SSSR count). The van der Waals surface area contributed by atoms with Crippen LogP contribution in [0.3, 0.4) is 0 Å². The zero-order valence-electron chi connectivity index (χ0n) is 14.5. The summed E-state index contributed by atoms with van der Waals surface area (Å²) in [6.45, 7) is 0. The molecule has 1 aromatic heterocycles. The summed E-state index contributed by atoms with van der Waals surface area (Å²) in [7, 11) is 0. The maximum Gasteiger partial charge on any atom is 0.277 e. The number of carbonyl (C=O) groups is 1. The predicted octanol–water partition coefficient (Wildman–Crippen LogP) is 1.76. The molecular formula is C18H25N5OS. The van der Waals surface area contributed by atoms with Gasteiger partial charge in [-0.2, -0.15) is 0 Å². The van der Waals surface area contributed by atoms with Crippen LogP contribution in [-0.4, -0.2) is 34.0 Å². The topological polar surface area (TPSA) is 98.4 Å². The Balaban J connectivity index is 1.73. The van der Waals surface area contributed by atoms with Gasteiger partial charge in [-0.15, -0.1) is 11.8 Å². The molecule has 0 bridgehead atoms. The number of nitrogens with zero attached hydrogens (tertiary/aromatic N) is 2. The Labute approximate surface area is 152 Å². The molecule has 0 radical (unpaired) electrons. The van der Waals surface area contributed by atoms with Crippen LogP contribution in [0, 0.1) is 0 Å². The van der Waals surface area contributed by atoms with E-state index in [4.69, 9.17) is 11.5 Å². The van der Waals surface area contributed by atoms with Crippen molar-refractivity contribution < 1.29 is 4.79 Å². The average Bonchev–Trinajstić information content (AvgIpc) is 3.06. The highest BCUT2D eigenvalue weighted by Crippen LogP contribution is 2.39. The van der Waals surface area contributed by atoms with Crippen LogP contribution in [0.15, 0.2) is 22.8 Å². The third-order valence-corrected chi connectivity index (χ3v) is 6.68. The number of primary amides is 1. The van der Waals surface area contributed by atoms with Gasteiger partial charge >= 0.3 is 0 Å². The quantitative estimate of drug-likeness (QED) is 0.766. The fraction of sp³-hybridized carbons (Fsp3) is 0.556. The predicted molar refractivity (Wildman–Crippen MR) is 102 cm³/mol. The van der Waals surface area contributed by atoms with Gasteiger partial charge in [0.25, 0.3) is 10.9 Å². The van der Waals surface area contributed by atoms with Crippen LogP contribution in [0.25, 0.3) is 5.70 Å². The Morgan fingerprint density at radius 2 is 2.12 bits per heavy atom. The van der Waals surface area contributed by atoms with Gasteiger partial charge in [-0.25, -0.2) is 4.99 Å². The molecule has 1 unspecified atom stereocenters. The van der Waals surface area contributed by atoms with Crippen molar-refractivity contribution in [1.82, 2.24) is 9.88 Å². The van der Waals surface area contributed by atoms with E-state index in [-0.39, 0.29) is 0 Å². The first kappa shape index (κ1) is 16.7. The molecule has 3 aliphatic rings. The van der Waals surface area contributed by atoms with Crippen LogP contribution in [0.1, 0.15) is 49.4 Å². The molecule has 1 atom stereocenters. The summed E-state index contributed by atoms with van der Waals surface area (Å²) in [6, 6.07) is 3.01. The standard InChI is InChI=1S/C18H25N5OS/c1-25-18(17(20)24)21-10-12-3-2-11-8-9-23(16(11)15(12)22-18)14-6-4-13(19)5-7-14/h8-10,13-14,22H,2-7,19H2,1H3,(H2,20,24). The molecule has 2 heterocycles. The SMILES string of the molecule is CSC1(C(N)=O)N=CC2=C(N1)c1c(ccn1C1CCC(N)CC1)CC2. The van der Waals surface area contributed by atoms with E-state index in [1.54, 1.807) is 0 Å². The molecule has 2 aliphatic carbocycles. The monoisotopic (exact) mass is 359 g/mol. The molecule has 0 spiro atoms. The normalized spacial score (nSPS) is 31.3. The van der Waals surface area contributed by atoms with Crippen LogP contribution in [0.5, 0.6) is 0 Å². The molecule has 6 nitrogen and oxygen atoms in total. The van der Waals surface area contributed by atoms with E-state index in [1.165, 1.54) is 23.0 Å². The van der Waals surface area contributed by atoms with E-state index in [0.717, 1.165) is 49.8 Å². The van der Waals surface area contributed by atoms with Crippen molar-refractivity contribution in [3.63, 3.8) is 0 Å². The smallest absolute Gasteiger partial charge is 0.277 e. The summed E-state index contributed by atoms with van der Waals surface area (Å²) in [5.74, 6) is -0.461. The van der Waals surface area contributed by atoms with Crippen molar-refractivity contribution in [3.05, 3.63) is 29.1 Å². The average molecular weight is 359 g/mol. The second-order valence-corrected chi connectivity index (χ2v) is 8.16. The number of thioether (sulfide) groups is 1. The summed E-state index contributed by atoms with van der Waals surface area (Å²) < 4.78 is 2.38. The lowest BCUT2D eigenvalue weighted by Gasteiger charge is -2.36. The third-order valence-electron chi connectivity index (χ3n) is 5.68. The first-order valence-corrected chi connectivity index (χ1v) is 10.1. The summed E-state index contributed by atoms with van der Waals surface area (Å²) in [4.78, 5) is 15.4. The van der Waals surface area contributed by atoms with Crippen molar-refractivity contribution in [2.75, 3.05) is 6.26 Å². The van der Waals surface area contributed by atoms with Gasteiger partial charge in [-0.3, -0.25) is 4.79 Å². The molecule has 7 heteroatoms. The van der Waals surface area contributed by atoms with Gasteiger partial charge in [-0.05, 0) is 62.0 Å². The number of aromatic nitrogens is 1. The highest BCUT2D eigenvalue weighted by atomic mass is 32.2. The second-order valence-electron chi connectivity index (χ2n) is 7.16. The lowest BCUT2D eigenvalue weighted by atomic mass is 9.90. The minimum absolute atomic E-state index is 0.330. The minimum Gasteiger partial charge on any atom is -0.365 e. The van der Waals surface area contributed by atoms with Crippen molar-refractivity contribution in [1.29, 1.82) is 0 Å². The van der Waals surface area contributed by atoms with Crippen LogP contribution >= 0.6 is 11.8 Å². The Kier molecular flexibility index (Phi) is 4.16. The van der Waals surface area contributed by atoms with Crippen molar-refractivity contribution in [2.45, 2.75) is 55.6 Å². The largest absolute Gasteiger partial charge is 0.365 e. The molecule has 1 amide bonds. The summed E-state index contributed by atoms with van der Waals surface area (Å²) in [5, 5.41) is 3.37. The van der Waals surface area contributed by atoms with Gasteiger partial charge in [0.05, 0.1) is 11.4 Å². The fourth-order valence-electron chi connectivity index (χ4n) is 4.18. The number of nitrogens with two attached hydrogens (primary N) is 2. The van der Waals surface area contributed by atoms with Crippen LogP contribution < -0.4 is 16.8 Å². The van der Waals surface area contributed by atoms with Gasteiger partial charge in [0.2, 0.25) is 0 Å². The van der Waals surface area contributed by atoms with Crippen LogP contribution in [0.2, 0.25) is 0 Å². The first-order valence-electron chi connectivity index (χ1n) is 8.91. The summed E-state index contributed by atoms with van der Waals surface area (Å²) >= 11 is 1.33. The fourth-order valence-corrected chi connectivity index (χ4v) is 4.74. The number of hydrogen-bond acceptors (Lipinski definition) is 5. The second kappa shape index (κ2) is 6.21. The zero-order chi connectivity index (χ0) is 17.6. The lowest BCUT2D eigenvalue weighted by Crippen LogP contribution is -2.52. The number of amides is 1. The Morgan fingerprint density at radius 1 is 1.36 bits per heavy atom. The van der Waals surface area contributed by atoms with E-state index < -0.39 is 10.9 Å². The molecule has 134 valence electrons. The Hall–Kier alpha value is -1.73. The highest BCUT2D eigenvalue weighted by Gasteiger charge is 2.41. The number of aryl methyl sites for hydroxylation is 1.